The Morgan fingerprint density at radius 3 is 2.86 bits per heavy atom. The van der Waals surface area contributed by atoms with E-state index in [0.717, 1.165) is 12.8 Å². The number of rotatable bonds is 5. The van der Waals surface area contributed by atoms with Crippen molar-refractivity contribution < 1.29 is 14.7 Å². The lowest BCUT2D eigenvalue weighted by atomic mass is 10.1. The van der Waals surface area contributed by atoms with Crippen LogP contribution in [-0.4, -0.2) is 23.5 Å². The standard InChI is InChI=1S/C10H15NO3/c12-9(11-6-5-10(13)14)7-8-3-1-2-4-8/h1,3,8H,2,4-7H2,(H,11,12)(H,13,14). The van der Waals surface area contributed by atoms with Crippen LogP contribution >= 0.6 is 0 Å². The van der Waals surface area contributed by atoms with Crippen LogP contribution in [0.3, 0.4) is 0 Å². The maximum Gasteiger partial charge on any atom is 0.305 e. The van der Waals surface area contributed by atoms with Crippen molar-refractivity contribution in [2.24, 2.45) is 5.92 Å². The minimum absolute atomic E-state index is 0.00769. The van der Waals surface area contributed by atoms with Crippen molar-refractivity contribution in [2.45, 2.75) is 25.7 Å². The Kier molecular flexibility index (Phi) is 4.16. The van der Waals surface area contributed by atoms with Crippen molar-refractivity contribution in [1.82, 2.24) is 5.32 Å². The van der Waals surface area contributed by atoms with E-state index in [2.05, 4.69) is 17.5 Å². The molecule has 1 rings (SSSR count). The van der Waals surface area contributed by atoms with Gasteiger partial charge in [-0.15, -0.1) is 0 Å². The van der Waals surface area contributed by atoms with Crippen LogP contribution in [0.2, 0.25) is 0 Å². The number of carbonyl (C=O) groups is 2. The summed E-state index contributed by atoms with van der Waals surface area (Å²) >= 11 is 0. The van der Waals surface area contributed by atoms with Crippen molar-refractivity contribution in [1.29, 1.82) is 0 Å². The van der Waals surface area contributed by atoms with Gasteiger partial charge in [-0.05, 0) is 18.8 Å². The third-order valence-corrected chi connectivity index (χ3v) is 2.22. The van der Waals surface area contributed by atoms with Gasteiger partial charge in [0, 0.05) is 13.0 Å². The summed E-state index contributed by atoms with van der Waals surface area (Å²) in [7, 11) is 0. The molecular weight excluding hydrogens is 182 g/mol. The van der Waals surface area contributed by atoms with E-state index in [9.17, 15) is 9.59 Å². The molecule has 0 aliphatic heterocycles. The van der Waals surface area contributed by atoms with Gasteiger partial charge < -0.3 is 10.4 Å². The van der Waals surface area contributed by atoms with Crippen molar-refractivity contribution in [3.8, 4) is 0 Å². The van der Waals surface area contributed by atoms with Gasteiger partial charge in [-0.25, -0.2) is 0 Å². The smallest absolute Gasteiger partial charge is 0.305 e. The quantitative estimate of drug-likeness (QED) is 0.644. The number of nitrogens with one attached hydrogen (secondary N) is 1. The van der Waals surface area contributed by atoms with E-state index >= 15 is 0 Å². The summed E-state index contributed by atoms with van der Waals surface area (Å²) in [6, 6.07) is 0. The van der Waals surface area contributed by atoms with Crippen LogP contribution in [0, 0.1) is 5.92 Å². The number of carbonyl (C=O) groups excluding carboxylic acids is 1. The van der Waals surface area contributed by atoms with Gasteiger partial charge in [0.25, 0.3) is 0 Å². The van der Waals surface area contributed by atoms with E-state index in [1.165, 1.54) is 0 Å². The first kappa shape index (κ1) is 10.8. The van der Waals surface area contributed by atoms with Gasteiger partial charge in [-0.2, -0.15) is 0 Å². The predicted molar refractivity (Wildman–Crippen MR) is 51.7 cm³/mol. The summed E-state index contributed by atoms with van der Waals surface area (Å²) in [5, 5.41) is 10.9. The highest BCUT2D eigenvalue weighted by molar-refractivity contribution is 5.77. The SMILES string of the molecule is O=C(O)CCNC(=O)CC1C=CCC1. The largest absolute Gasteiger partial charge is 0.481 e. The summed E-state index contributed by atoms with van der Waals surface area (Å²) in [5.41, 5.74) is 0. The van der Waals surface area contributed by atoms with Crippen LogP contribution in [0.15, 0.2) is 12.2 Å². The molecular formula is C10H15NO3. The number of carboxylic acid groups (broad SMARTS) is 1. The summed E-state index contributed by atoms with van der Waals surface area (Å²) < 4.78 is 0. The number of allylic oxidation sites excluding steroid dienone is 2. The summed E-state index contributed by atoms with van der Waals surface area (Å²) in [5.74, 6) is -0.589. The number of hydrogen-bond acceptors (Lipinski definition) is 2. The van der Waals surface area contributed by atoms with E-state index in [0.29, 0.717) is 12.3 Å². The molecule has 0 bridgehead atoms. The Bertz CT molecular complexity index is 248. The van der Waals surface area contributed by atoms with Crippen molar-refractivity contribution in [2.75, 3.05) is 6.54 Å². The minimum atomic E-state index is -0.883. The van der Waals surface area contributed by atoms with Crippen LogP contribution < -0.4 is 5.32 Å². The Balaban J connectivity index is 2.09. The minimum Gasteiger partial charge on any atom is -0.481 e. The summed E-state index contributed by atoms with van der Waals surface area (Å²) in [4.78, 5) is 21.4. The monoisotopic (exact) mass is 197 g/mol. The van der Waals surface area contributed by atoms with Crippen molar-refractivity contribution >= 4 is 11.9 Å². The van der Waals surface area contributed by atoms with Crippen molar-refractivity contribution in [3.05, 3.63) is 12.2 Å². The normalized spacial score (nSPS) is 19.6. The highest BCUT2D eigenvalue weighted by Gasteiger charge is 2.13. The summed E-state index contributed by atoms with van der Waals surface area (Å²) in [6.45, 7) is 0.227. The summed E-state index contributed by atoms with van der Waals surface area (Å²) in [6.07, 6.45) is 6.69. The van der Waals surface area contributed by atoms with E-state index < -0.39 is 5.97 Å². The molecule has 2 N–H and O–H groups in total. The third-order valence-electron chi connectivity index (χ3n) is 2.22. The second-order valence-electron chi connectivity index (χ2n) is 3.46. The molecule has 0 radical (unpaired) electrons. The molecule has 0 heterocycles. The molecule has 0 saturated heterocycles. The number of hydrogen-bond donors (Lipinski definition) is 2. The highest BCUT2D eigenvalue weighted by Crippen LogP contribution is 2.19. The fraction of sp³-hybridized carbons (Fsp3) is 0.600. The first-order valence-corrected chi connectivity index (χ1v) is 4.83. The van der Waals surface area contributed by atoms with Crippen LogP contribution in [0.25, 0.3) is 0 Å². The topological polar surface area (TPSA) is 66.4 Å². The molecule has 14 heavy (non-hydrogen) atoms. The number of amides is 1. The van der Waals surface area contributed by atoms with Crippen LogP contribution in [0.5, 0.6) is 0 Å². The first-order valence-electron chi connectivity index (χ1n) is 4.83. The van der Waals surface area contributed by atoms with Gasteiger partial charge in [-0.1, -0.05) is 12.2 Å². The molecule has 1 aliphatic rings. The lowest BCUT2D eigenvalue weighted by Crippen LogP contribution is -2.27. The Labute approximate surface area is 83.0 Å². The van der Waals surface area contributed by atoms with Crippen molar-refractivity contribution in [3.63, 3.8) is 0 Å². The Morgan fingerprint density at radius 1 is 1.50 bits per heavy atom. The van der Waals surface area contributed by atoms with Crippen LogP contribution in [0.1, 0.15) is 25.7 Å². The zero-order chi connectivity index (χ0) is 10.4. The fourth-order valence-electron chi connectivity index (χ4n) is 1.48. The van der Waals surface area contributed by atoms with Gasteiger partial charge in [0.15, 0.2) is 0 Å². The van der Waals surface area contributed by atoms with Gasteiger partial charge >= 0.3 is 5.97 Å². The molecule has 0 saturated carbocycles. The Morgan fingerprint density at radius 2 is 2.29 bits per heavy atom. The van der Waals surface area contributed by atoms with Gasteiger partial charge in [0.05, 0.1) is 6.42 Å². The molecule has 1 unspecified atom stereocenters. The molecule has 0 aromatic heterocycles. The molecule has 4 nitrogen and oxygen atoms in total. The van der Waals surface area contributed by atoms with Gasteiger partial charge in [0.1, 0.15) is 0 Å². The lowest BCUT2D eigenvalue weighted by molar-refractivity contribution is -0.136. The molecule has 1 aliphatic carbocycles. The molecule has 1 amide bonds. The fourth-order valence-corrected chi connectivity index (χ4v) is 1.48. The maximum absolute atomic E-state index is 11.2. The first-order chi connectivity index (χ1) is 6.68. The predicted octanol–water partition coefficient (Wildman–Crippen LogP) is 0.934. The highest BCUT2D eigenvalue weighted by atomic mass is 16.4. The second-order valence-corrected chi connectivity index (χ2v) is 3.46. The van der Waals surface area contributed by atoms with Gasteiger partial charge in [-0.3, -0.25) is 9.59 Å². The maximum atomic E-state index is 11.2. The molecule has 0 fully saturated rings. The molecule has 0 aromatic carbocycles. The van der Waals surface area contributed by atoms with E-state index in [1.54, 1.807) is 0 Å². The van der Waals surface area contributed by atoms with Gasteiger partial charge in [0.2, 0.25) is 5.91 Å². The number of aliphatic carboxylic acids is 1. The third kappa shape index (κ3) is 4.07. The molecule has 1 atom stereocenters. The zero-order valence-electron chi connectivity index (χ0n) is 8.03. The molecule has 0 aromatic rings. The second kappa shape index (κ2) is 5.42. The number of carboxylic acids is 1. The lowest BCUT2D eigenvalue weighted by Gasteiger charge is -2.07. The average molecular weight is 197 g/mol. The molecule has 0 spiro atoms. The van der Waals surface area contributed by atoms with Crippen LogP contribution in [-0.2, 0) is 9.59 Å². The van der Waals surface area contributed by atoms with E-state index in [-0.39, 0.29) is 18.9 Å². The zero-order valence-corrected chi connectivity index (χ0v) is 8.03. The van der Waals surface area contributed by atoms with Crippen LogP contribution in [0.4, 0.5) is 0 Å². The Hall–Kier alpha value is -1.32. The van der Waals surface area contributed by atoms with E-state index in [4.69, 9.17) is 5.11 Å². The van der Waals surface area contributed by atoms with E-state index in [1.807, 2.05) is 0 Å². The molecule has 4 heteroatoms. The average Bonchev–Trinajstić information content (AvgIpc) is 2.56. The molecule has 78 valence electrons.